The summed E-state index contributed by atoms with van der Waals surface area (Å²) in [5.74, 6) is 0.919. The SMILES string of the molecule is COc1ccc(CC(=O)OCc2ccc(-n3cccn3)cc2)cc1OC. The second-order valence-electron chi connectivity index (χ2n) is 5.64. The molecule has 0 atom stereocenters. The zero-order valence-electron chi connectivity index (χ0n) is 14.7. The van der Waals surface area contributed by atoms with Gasteiger partial charge >= 0.3 is 5.97 Å². The lowest BCUT2D eigenvalue weighted by Crippen LogP contribution is -2.08. The number of methoxy groups -OCH3 is 2. The van der Waals surface area contributed by atoms with Crippen LogP contribution < -0.4 is 9.47 Å². The first kappa shape index (κ1) is 17.5. The lowest BCUT2D eigenvalue weighted by molar-refractivity contribution is -0.144. The lowest BCUT2D eigenvalue weighted by atomic mass is 10.1. The Kier molecular flexibility index (Phi) is 5.53. The molecule has 1 aromatic heterocycles. The number of esters is 1. The molecule has 0 unspecified atom stereocenters. The van der Waals surface area contributed by atoms with Gasteiger partial charge in [-0.1, -0.05) is 18.2 Å². The third kappa shape index (κ3) is 4.22. The lowest BCUT2D eigenvalue weighted by Gasteiger charge is -2.10. The van der Waals surface area contributed by atoms with Gasteiger partial charge in [-0.05, 0) is 41.5 Å². The third-order valence-corrected chi connectivity index (χ3v) is 3.90. The van der Waals surface area contributed by atoms with Crippen molar-refractivity contribution < 1.29 is 19.0 Å². The van der Waals surface area contributed by atoms with Crippen molar-refractivity contribution in [1.29, 1.82) is 0 Å². The van der Waals surface area contributed by atoms with E-state index in [2.05, 4.69) is 5.10 Å². The fraction of sp³-hybridized carbons (Fsp3) is 0.200. The summed E-state index contributed by atoms with van der Waals surface area (Å²) >= 11 is 0. The maximum Gasteiger partial charge on any atom is 0.310 e. The Bertz CT molecular complexity index is 858. The number of hydrogen-bond donors (Lipinski definition) is 0. The van der Waals surface area contributed by atoms with Crippen LogP contribution in [0.25, 0.3) is 5.69 Å². The van der Waals surface area contributed by atoms with E-state index in [9.17, 15) is 4.79 Å². The van der Waals surface area contributed by atoms with E-state index in [0.29, 0.717) is 11.5 Å². The van der Waals surface area contributed by atoms with Gasteiger partial charge in [0.1, 0.15) is 6.61 Å². The monoisotopic (exact) mass is 352 g/mol. The Morgan fingerprint density at radius 3 is 2.38 bits per heavy atom. The highest BCUT2D eigenvalue weighted by Gasteiger charge is 2.09. The predicted octanol–water partition coefficient (Wildman–Crippen LogP) is 3.18. The van der Waals surface area contributed by atoms with Gasteiger partial charge in [0.25, 0.3) is 0 Å². The van der Waals surface area contributed by atoms with Gasteiger partial charge in [-0.2, -0.15) is 5.10 Å². The molecule has 0 fully saturated rings. The summed E-state index contributed by atoms with van der Waals surface area (Å²) in [5.41, 5.74) is 2.68. The first-order chi connectivity index (χ1) is 12.7. The average molecular weight is 352 g/mol. The van der Waals surface area contributed by atoms with Crippen molar-refractivity contribution in [2.24, 2.45) is 0 Å². The van der Waals surface area contributed by atoms with E-state index in [1.807, 2.05) is 42.6 Å². The molecule has 26 heavy (non-hydrogen) atoms. The van der Waals surface area contributed by atoms with Crippen molar-refractivity contribution in [3.05, 3.63) is 72.1 Å². The Morgan fingerprint density at radius 1 is 1.00 bits per heavy atom. The minimum Gasteiger partial charge on any atom is -0.493 e. The van der Waals surface area contributed by atoms with Crippen LogP contribution in [0.3, 0.4) is 0 Å². The van der Waals surface area contributed by atoms with Crippen LogP contribution in [-0.4, -0.2) is 30.0 Å². The van der Waals surface area contributed by atoms with Crippen molar-refractivity contribution in [1.82, 2.24) is 9.78 Å². The van der Waals surface area contributed by atoms with Crippen LogP contribution >= 0.6 is 0 Å². The Hall–Kier alpha value is -3.28. The highest BCUT2D eigenvalue weighted by Crippen LogP contribution is 2.27. The molecule has 0 N–H and O–H groups in total. The van der Waals surface area contributed by atoms with Gasteiger partial charge in [0.05, 0.1) is 26.3 Å². The highest BCUT2D eigenvalue weighted by atomic mass is 16.5. The van der Waals surface area contributed by atoms with Crippen LogP contribution in [0.4, 0.5) is 0 Å². The molecule has 3 aromatic rings. The molecule has 0 saturated heterocycles. The molecule has 0 aliphatic carbocycles. The normalized spacial score (nSPS) is 10.4. The molecule has 0 aliphatic heterocycles. The van der Waals surface area contributed by atoms with Crippen molar-refractivity contribution in [3.8, 4) is 17.2 Å². The van der Waals surface area contributed by atoms with Gasteiger partial charge in [0.2, 0.25) is 0 Å². The molecule has 0 bridgehead atoms. The van der Waals surface area contributed by atoms with Crippen LogP contribution in [0.15, 0.2) is 60.9 Å². The molecular weight excluding hydrogens is 332 g/mol. The van der Waals surface area contributed by atoms with Crippen LogP contribution in [0.1, 0.15) is 11.1 Å². The van der Waals surface area contributed by atoms with Crippen LogP contribution in [0.2, 0.25) is 0 Å². The largest absolute Gasteiger partial charge is 0.493 e. The zero-order valence-corrected chi connectivity index (χ0v) is 14.7. The van der Waals surface area contributed by atoms with Gasteiger partial charge < -0.3 is 14.2 Å². The molecule has 6 heteroatoms. The smallest absolute Gasteiger partial charge is 0.310 e. The van der Waals surface area contributed by atoms with Gasteiger partial charge in [-0.3, -0.25) is 4.79 Å². The molecule has 0 saturated carbocycles. The first-order valence-corrected chi connectivity index (χ1v) is 8.15. The number of carbonyl (C=O) groups is 1. The number of benzene rings is 2. The predicted molar refractivity (Wildman–Crippen MR) is 96.6 cm³/mol. The molecule has 0 spiro atoms. The molecule has 2 aromatic carbocycles. The number of nitrogens with zero attached hydrogens (tertiary/aromatic N) is 2. The third-order valence-electron chi connectivity index (χ3n) is 3.90. The standard InChI is InChI=1S/C20H20N2O4/c1-24-18-9-6-16(12-19(18)25-2)13-20(23)26-14-15-4-7-17(8-5-15)22-11-3-10-21-22/h3-12H,13-14H2,1-2H3. The van der Waals surface area contributed by atoms with Crippen molar-refractivity contribution in [3.63, 3.8) is 0 Å². The number of carbonyl (C=O) groups excluding carboxylic acids is 1. The topological polar surface area (TPSA) is 62.6 Å². The van der Waals surface area contributed by atoms with Crippen LogP contribution in [-0.2, 0) is 22.6 Å². The Balaban J connectivity index is 1.55. The van der Waals surface area contributed by atoms with E-state index in [4.69, 9.17) is 14.2 Å². The molecule has 1 heterocycles. The summed E-state index contributed by atoms with van der Waals surface area (Å²) in [6.45, 7) is 0.228. The van der Waals surface area contributed by atoms with E-state index < -0.39 is 0 Å². The van der Waals surface area contributed by atoms with E-state index >= 15 is 0 Å². The second-order valence-corrected chi connectivity index (χ2v) is 5.64. The Labute approximate surface area is 151 Å². The summed E-state index contributed by atoms with van der Waals surface area (Å²) in [4.78, 5) is 12.1. The fourth-order valence-electron chi connectivity index (χ4n) is 2.54. The van der Waals surface area contributed by atoms with E-state index in [0.717, 1.165) is 16.8 Å². The van der Waals surface area contributed by atoms with Crippen LogP contribution in [0, 0.1) is 0 Å². The number of rotatable bonds is 7. The van der Waals surface area contributed by atoms with Gasteiger partial charge in [-0.25, -0.2) is 4.68 Å². The first-order valence-electron chi connectivity index (χ1n) is 8.15. The molecule has 3 rings (SSSR count). The van der Waals surface area contributed by atoms with Crippen molar-refractivity contribution >= 4 is 5.97 Å². The van der Waals surface area contributed by atoms with Gasteiger partial charge in [0.15, 0.2) is 11.5 Å². The number of aromatic nitrogens is 2. The molecule has 6 nitrogen and oxygen atoms in total. The van der Waals surface area contributed by atoms with E-state index in [1.54, 1.807) is 37.2 Å². The zero-order chi connectivity index (χ0) is 18.4. The molecule has 0 amide bonds. The summed E-state index contributed by atoms with van der Waals surface area (Å²) in [5, 5.41) is 4.18. The quantitative estimate of drug-likeness (QED) is 0.611. The van der Waals surface area contributed by atoms with E-state index in [-0.39, 0.29) is 19.0 Å². The fourth-order valence-corrected chi connectivity index (χ4v) is 2.54. The minimum atomic E-state index is -0.298. The highest BCUT2D eigenvalue weighted by molar-refractivity contribution is 5.73. The Morgan fingerprint density at radius 2 is 1.73 bits per heavy atom. The summed E-state index contributed by atoms with van der Waals surface area (Å²) in [6, 6.07) is 14.9. The van der Waals surface area contributed by atoms with Gasteiger partial charge in [-0.15, -0.1) is 0 Å². The molecule has 0 radical (unpaired) electrons. The van der Waals surface area contributed by atoms with Crippen molar-refractivity contribution in [2.75, 3.05) is 14.2 Å². The minimum absolute atomic E-state index is 0.172. The summed E-state index contributed by atoms with van der Waals surface area (Å²) < 4.78 is 17.6. The van der Waals surface area contributed by atoms with E-state index in [1.165, 1.54) is 0 Å². The molecule has 134 valence electrons. The maximum atomic E-state index is 12.1. The summed E-state index contributed by atoms with van der Waals surface area (Å²) in [6.07, 6.45) is 3.77. The molecular formula is C20H20N2O4. The molecule has 0 aliphatic rings. The van der Waals surface area contributed by atoms with Crippen molar-refractivity contribution in [2.45, 2.75) is 13.0 Å². The van der Waals surface area contributed by atoms with Crippen LogP contribution in [0.5, 0.6) is 11.5 Å². The average Bonchev–Trinajstić information content (AvgIpc) is 3.21. The van der Waals surface area contributed by atoms with Gasteiger partial charge in [0, 0.05) is 12.4 Å². The number of hydrogen-bond acceptors (Lipinski definition) is 5. The second kappa shape index (κ2) is 8.20. The maximum absolute atomic E-state index is 12.1. The summed E-state index contributed by atoms with van der Waals surface area (Å²) in [7, 11) is 3.14. The number of ether oxygens (including phenoxy) is 3.